The van der Waals surface area contributed by atoms with Gasteiger partial charge in [-0.15, -0.1) is 0 Å². The lowest BCUT2D eigenvalue weighted by atomic mass is 10.1. The van der Waals surface area contributed by atoms with Gasteiger partial charge in [-0.3, -0.25) is 4.79 Å². The number of rotatable bonds is 8. The van der Waals surface area contributed by atoms with Crippen LogP contribution in [0.25, 0.3) is 0 Å². The molecule has 1 unspecified atom stereocenters. The molecule has 0 spiro atoms. The lowest BCUT2D eigenvalue weighted by Crippen LogP contribution is -2.29. The first kappa shape index (κ1) is 18.6. The number of halogens is 1. The van der Waals surface area contributed by atoms with E-state index >= 15 is 0 Å². The molecule has 0 aliphatic carbocycles. The summed E-state index contributed by atoms with van der Waals surface area (Å²) in [6, 6.07) is 3.40. The molecule has 1 saturated heterocycles. The zero-order valence-electron chi connectivity index (χ0n) is 13.3. The van der Waals surface area contributed by atoms with Crippen LogP contribution < -0.4 is 4.74 Å². The maximum Gasteiger partial charge on any atom is 0.304 e. The van der Waals surface area contributed by atoms with E-state index in [2.05, 4.69) is 0 Å². The average molecular weight is 361 g/mol. The molecule has 1 aliphatic rings. The van der Waals surface area contributed by atoms with E-state index in [1.165, 1.54) is 19.2 Å². The maximum absolute atomic E-state index is 14.1. The van der Waals surface area contributed by atoms with Crippen LogP contribution in [0.5, 0.6) is 5.75 Å². The Morgan fingerprint density at radius 3 is 2.83 bits per heavy atom. The second-order valence-corrected chi connectivity index (χ2v) is 7.65. The molecule has 1 aliphatic heterocycles. The highest BCUT2D eigenvalue weighted by molar-refractivity contribution is 7.89. The molecule has 7 nitrogen and oxygen atoms in total. The summed E-state index contributed by atoms with van der Waals surface area (Å²) < 4.78 is 50.1. The van der Waals surface area contributed by atoms with Gasteiger partial charge in [0.15, 0.2) is 11.6 Å². The molecule has 1 aromatic rings. The van der Waals surface area contributed by atoms with Crippen LogP contribution in [0.15, 0.2) is 23.1 Å². The Labute approximate surface area is 140 Å². The number of ether oxygens (including phenoxy) is 2. The summed E-state index contributed by atoms with van der Waals surface area (Å²) in [5.74, 6) is -1.70. The molecule has 0 amide bonds. The fourth-order valence-electron chi connectivity index (χ4n) is 2.23. The molecule has 2 rings (SSSR count). The summed E-state index contributed by atoms with van der Waals surface area (Å²) in [7, 11) is -2.70. The van der Waals surface area contributed by atoms with Crippen LogP contribution in [0.4, 0.5) is 4.39 Å². The van der Waals surface area contributed by atoms with Crippen molar-refractivity contribution in [2.24, 2.45) is 5.92 Å². The lowest BCUT2D eigenvalue weighted by Gasteiger charge is -2.17. The first-order valence-electron chi connectivity index (χ1n) is 7.49. The van der Waals surface area contributed by atoms with Gasteiger partial charge in [0.2, 0.25) is 10.0 Å². The fraction of sp³-hybridized carbons (Fsp3) is 0.533. The monoisotopic (exact) mass is 361 g/mol. The molecule has 0 radical (unpaired) electrons. The smallest absolute Gasteiger partial charge is 0.304 e. The molecule has 1 fully saturated rings. The Hall–Kier alpha value is -1.71. The Kier molecular flexibility index (Phi) is 6.14. The number of carboxylic acid groups (broad SMARTS) is 1. The van der Waals surface area contributed by atoms with Gasteiger partial charge in [0.05, 0.1) is 24.5 Å². The van der Waals surface area contributed by atoms with Crippen molar-refractivity contribution < 1.29 is 32.2 Å². The lowest BCUT2D eigenvalue weighted by molar-refractivity contribution is -0.137. The molecule has 0 bridgehead atoms. The number of carbonyl (C=O) groups is 1. The number of hydrogen-bond donors (Lipinski definition) is 1. The van der Waals surface area contributed by atoms with Crippen molar-refractivity contribution in [3.05, 3.63) is 24.0 Å². The minimum absolute atomic E-state index is 0.0194. The molecule has 9 heteroatoms. The highest BCUT2D eigenvalue weighted by atomic mass is 32.2. The van der Waals surface area contributed by atoms with Crippen molar-refractivity contribution in [2.75, 3.05) is 33.4 Å². The minimum Gasteiger partial charge on any atom is -0.490 e. The molecule has 1 heterocycles. The number of nitrogens with zero attached hydrogens (tertiary/aromatic N) is 1. The second kappa shape index (κ2) is 7.91. The zero-order chi connectivity index (χ0) is 17.7. The minimum atomic E-state index is -3.95. The van der Waals surface area contributed by atoms with E-state index in [0.717, 1.165) is 16.8 Å². The molecule has 0 saturated carbocycles. The van der Waals surface area contributed by atoms with Gasteiger partial charge in [-0.2, -0.15) is 0 Å². The van der Waals surface area contributed by atoms with Crippen LogP contribution in [0.3, 0.4) is 0 Å². The predicted molar refractivity (Wildman–Crippen MR) is 82.9 cm³/mol. The Morgan fingerprint density at radius 2 is 2.25 bits per heavy atom. The van der Waals surface area contributed by atoms with E-state index in [1.807, 2.05) is 0 Å². The van der Waals surface area contributed by atoms with Gasteiger partial charge in [-0.05, 0) is 24.6 Å². The maximum atomic E-state index is 14.1. The van der Waals surface area contributed by atoms with Crippen molar-refractivity contribution >= 4 is 16.0 Å². The van der Waals surface area contributed by atoms with E-state index in [-0.39, 0.29) is 29.5 Å². The van der Waals surface area contributed by atoms with Crippen molar-refractivity contribution in [2.45, 2.75) is 17.7 Å². The number of benzene rings is 1. The van der Waals surface area contributed by atoms with Crippen LogP contribution in [0, 0.1) is 11.7 Å². The largest absolute Gasteiger partial charge is 0.490 e. The van der Waals surface area contributed by atoms with Crippen LogP contribution in [0.2, 0.25) is 0 Å². The van der Waals surface area contributed by atoms with Crippen LogP contribution in [-0.4, -0.2) is 57.2 Å². The van der Waals surface area contributed by atoms with Crippen molar-refractivity contribution in [1.29, 1.82) is 0 Å². The summed E-state index contributed by atoms with van der Waals surface area (Å²) in [6.07, 6.45) is 0.519. The average Bonchev–Trinajstić information content (AvgIpc) is 3.04. The summed E-state index contributed by atoms with van der Waals surface area (Å²) in [4.78, 5) is 10.3. The Balaban J connectivity index is 2.05. The Morgan fingerprint density at radius 1 is 1.50 bits per heavy atom. The van der Waals surface area contributed by atoms with Crippen molar-refractivity contribution in [3.63, 3.8) is 0 Å². The van der Waals surface area contributed by atoms with Gasteiger partial charge in [0, 0.05) is 26.1 Å². The summed E-state index contributed by atoms with van der Waals surface area (Å²) >= 11 is 0. The van der Waals surface area contributed by atoms with Gasteiger partial charge in [0.25, 0.3) is 0 Å². The van der Waals surface area contributed by atoms with Crippen molar-refractivity contribution in [3.8, 4) is 5.75 Å². The number of sulfonamides is 1. The Bertz CT molecular complexity index is 687. The number of carboxylic acids is 1. The molecule has 1 N–H and O–H groups in total. The summed E-state index contributed by atoms with van der Waals surface area (Å²) in [5, 5.41) is 8.62. The SMILES string of the molecule is CN(CCC(=O)O)S(=O)(=O)c1ccc(OCC2CCOC2)c(F)c1. The standard InChI is InChI=1S/C15H20FNO6S/c1-17(6-4-15(18)19)24(20,21)12-2-3-14(13(16)8-12)23-10-11-5-7-22-9-11/h2-3,8,11H,4-7,9-10H2,1H3,(H,18,19). The molecular weight excluding hydrogens is 341 g/mol. The fourth-order valence-corrected chi connectivity index (χ4v) is 3.42. The van der Waals surface area contributed by atoms with E-state index < -0.39 is 21.8 Å². The normalized spacial score (nSPS) is 18.0. The molecule has 0 aromatic heterocycles. The number of aliphatic carboxylic acids is 1. The van der Waals surface area contributed by atoms with Crippen molar-refractivity contribution in [1.82, 2.24) is 4.31 Å². The van der Waals surface area contributed by atoms with Gasteiger partial charge in [-0.1, -0.05) is 0 Å². The van der Waals surface area contributed by atoms with Gasteiger partial charge >= 0.3 is 5.97 Å². The third-order valence-electron chi connectivity index (χ3n) is 3.75. The predicted octanol–water partition coefficient (Wildman–Crippen LogP) is 1.34. The van der Waals surface area contributed by atoms with Crippen LogP contribution >= 0.6 is 0 Å². The molecule has 1 aromatic carbocycles. The highest BCUT2D eigenvalue weighted by Crippen LogP contribution is 2.24. The molecular formula is C15H20FNO6S. The van der Waals surface area contributed by atoms with Crippen LogP contribution in [0.1, 0.15) is 12.8 Å². The third kappa shape index (κ3) is 4.65. The number of hydrogen-bond acceptors (Lipinski definition) is 5. The van der Waals surface area contributed by atoms with Gasteiger partial charge < -0.3 is 14.6 Å². The molecule has 24 heavy (non-hydrogen) atoms. The third-order valence-corrected chi connectivity index (χ3v) is 5.60. The summed E-state index contributed by atoms with van der Waals surface area (Å²) in [6.45, 7) is 1.35. The second-order valence-electron chi connectivity index (χ2n) is 5.60. The van der Waals surface area contributed by atoms with E-state index in [0.29, 0.717) is 19.8 Å². The van der Waals surface area contributed by atoms with Crippen LogP contribution in [-0.2, 0) is 19.6 Å². The quantitative estimate of drug-likeness (QED) is 0.751. The van der Waals surface area contributed by atoms with E-state index in [1.54, 1.807) is 0 Å². The first-order chi connectivity index (χ1) is 11.3. The topological polar surface area (TPSA) is 93.1 Å². The highest BCUT2D eigenvalue weighted by Gasteiger charge is 2.23. The molecule has 1 atom stereocenters. The first-order valence-corrected chi connectivity index (χ1v) is 8.93. The summed E-state index contributed by atoms with van der Waals surface area (Å²) in [5.41, 5.74) is 0. The molecule has 134 valence electrons. The van der Waals surface area contributed by atoms with Gasteiger partial charge in [-0.25, -0.2) is 17.1 Å². The van der Waals surface area contributed by atoms with Gasteiger partial charge in [0.1, 0.15) is 0 Å². The van der Waals surface area contributed by atoms with E-state index in [9.17, 15) is 17.6 Å². The van der Waals surface area contributed by atoms with E-state index in [4.69, 9.17) is 14.6 Å². The zero-order valence-corrected chi connectivity index (χ0v) is 14.1.